The summed E-state index contributed by atoms with van der Waals surface area (Å²) in [6, 6.07) is 18.8. The summed E-state index contributed by atoms with van der Waals surface area (Å²) >= 11 is 0. The molecule has 0 saturated carbocycles. The largest absolute Gasteiger partial charge is 0.500 e. The Hall–Kier alpha value is -4.00. The molecule has 0 spiro atoms. The van der Waals surface area contributed by atoms with Crippen molar-refractivity contribution in [2.24, 2.45) is 0 Å². The first-order valence-corrected chi connectivity index (χ1v) is 12.4. The van der Waals surface area contributed by atoms with Gasteiger partial charge in [0.05, 0.1) is 19.0 Å². The van der Waals surface area contributed by atoms with Crippen LogP contribution in [0.25, 0.3) is 27.9 Å². The van der Waals surface area contributed by atoms with Crippen molar-refractivity contribution in [3.63, 3.8) is 0 Å². The fourth-order valence-corrected chi connectivity index (χ4v) is 5.38. The number of quaternary nitrogens is 1. The minimum Gasteiger partial charge on any atom is -0.500 e. The normalized spacial score (nSPS) is 16.2. The van der Waals surface area contributed by atoms with E-state index in [0.717, 1.165) is 22.9 Å². The first kappa shape index (κ1) is 25.3. The molecule has 5 heterocycles. The summed E-state index contributed by atoms with van der Waals surface area (Å²) < 4.78 is 14.5. The van der Waals surface area contributed by atoms with Gasteiger partial charge in [-0.3, -0.25) is 0 Å². The topological polar surface area (TPSA) is 86.2 Å². The zero-order chi connectivity index (χ0) is 26.2. The number of rotatable bonds is 3. The van der Waals surface area contributed by atoms with Gasteiger partial charge in [-0.05, 0) is 35.4 Å². The number of hydrogen-bond donors (Lipinski definition) is 1. The molecule has 9 heteroatoms. The quantitative estimate of drug-likeness (QED) is 0.157. The van der Waals surface area contributed by atoms with E-state index < -0.39 is 0 Å². The second-order valence-electron chi connectivity index (χ2n) is 10.6. The van der Waals surface area contributed by atoms with Gasteiger partial charge in [-0.15, -0.1) is 0 Å². The Morgan fingerprint density at radius 3 is 2.59 bits per heavy atom. The molecule has 1 N–H and O–H groups in total. The van der Waals surface area contributed by atoms with Crippen LogP contribution in [0.15, 0.2) is 77.7 Å². The maximum Gasteiger partial charge on any atom is 0.324 e. The number of nitrogens with zero attached hydrogens (tertiary/aromatic N) is 5. The van der Waals surface area contributed by atoms with Crippen molar-refractivity contribution in [1.82, 2.24) is 24.0 Å². The van der Waals surface area contributed by atoms with Crippen LogP contribution in [0.3, 0.4) is 0 Å². The molecule has 6 aromatic rings. The minimum atomic E-state index is -0.122. The van der Waals surface area contributed by atoms with Crippen molar-refractivity contribution in [1.29, 1.82) is 0 Å². The molecule has 0 radical (unpaired) electrons. The Labute approximate surface area is 239 Å². The van der Waals surface area contributed by atoms with Crippen molar-refractivity contribution in [3.05, 3.63) is 84.9 Å². The van der Waals surface area contributed by atoms with Crippen LogP contribution in [-0.2, 0) is 26.5 Å². The molecule has 39 heavy (non-hydrogen) atoms. The molecule has 8 nitrogen and oxygen atoms in total. The van der Waals surface area contributed by atoms with Crippen molar-refractivity contribution < 1.29 is 35.3 Å². The number of pyridine rings is 2. The summed E-state index contributed by atoms with van der Waals surface area (Å²) in [4.78, 5) is 13.6. The number of phenols is 1. The molecule has 0 fully saturated rings. The van der Waals surface area contributed by atoms with E-state index >= 15 is 0 Å². The van der Waals surface area contributed by atoms with Gasteiger partial charge in [0.15, 0.2) is 17.1 Å². The first-order chi connectivity index (χ1) is 18.3. The molecule has 1 atom stereocenters. The standard InChI is InChI=1S/C30H25N5O3.Pt/c1-30(2,3)20-12-13-31-25-19-16-18(17-33-28(19)38-27(20)25)37-24-11-7-10-23(26(24)36)35(4)22-9-6-5-8-21(22)34-15-14-32-29(34)35;/h5-15,17,36H,1-4H3;. The maximum atomic E-state index is 11.5. The Bertz CT molecular complexity index is 1890. The van der Waals surface area contributed by atoms with Gasteiger partial charge in [0.25, 0.3) is 0 Å². The molecule has 1 aliphatic rings. The fourth-order valence-electron chi connectivity index (χ4n) is 5.38. The smallest absolute Gasteiger partial charge is 0.324 e. The van der Waals surface area contributed by atoms with E-state index in [2.05, 4.69) is 41.8 Å². The fraction of sp³-hybridized carbons (Fsp3) is 0.167. The van der Waals surface area contributed by atoms with Crippen molar-refractivity contribution >= 4 is 39.5 Å². The molecule has 0 aliphatic carbocycles. The van der Waals surface area contributed by atoms with Crippen LogP contribution < -0.4 is 9.22 Å². The van der Waals surface area contributed by atoms with E-state index in [1.54, 1.807) is 24.7 Å². The van der Waals surface area contributed by atoms with Crippen LogP contribution in [0.4, 0.5) is 17.3 Å². The molecule has 1 aliphatic heterocycles. The van der Waals surface area contributed by atoms with Crippen molar-refractivity contribution in [3.8, 4) is 22.9 Å². The Kier molecular flexibility index (Phi) is 5.68. The third-order valence-electron chi connectivity index (χ3n) is 7.23. The number of furan rings is 1. The van der Waals surface area contributed by atoms with E-state index in [9.17, 15) is 5.11 Å². The SMILES string of the molecule is CC(C)(C)c1ccnc2c1oc1ncc(Oc3cccc([N+]4(C)c5ccccc5-n5ccnc54)c3O)[c-]c12.[Pt]. The molecule has 7 rings (SSSR count). The summed E-state index contributed by atoms with van der Waals surface area (Å²) in [6.07, 6.45) is 7.01. The number of aromatic nitrogens is 4. The maximum absolute atomic E-state index is 11.5. The average molecular weight is 699 g/mol. The van der Waals surface area contributed by atoms with Gasteiger partial charge < -0.3 is 24.2 Å². The number of benzene rings is 2. The van der Waals surface area contributed by atoms with Gasteiger partial charge in [0.2, 0.25) is 5.75 Å². The van der Waals surface area contributed by atoms with Crippen LogP contribution in [0.5, 0.6) is 17.2 Å². The van der Waals surface area contributed by atoms with E-state index in [4.69, 9.17) is 9.15 Å². The number of hydrogen-bond acceptors (Lipinski definition) is 6. The molecule has 1 unspecified atom stereocenters. The summed E-state index contributed by atoms with van der Waals surface area (Å²) in [5.74, 6) is 1.43. The molecule has 0 amide bonds. The molecule has 0 saturated heterocycles. The summed E-state index contributed by atoms with van der Waals surface area (Å²) in [6.45, 7) is 6.39. The number of phenolic OH excluding ortho intramolecular Hbond substituents is 1. The monoisotopic (exact) mass is 698 g/mol. The van der Waals surface area contributed by atoms with Crippen LogP contribution in [0.2, 0.25) is 0 Å². The van der Waals surface area contributed by atoms with E-state index in [-0.39, 0.29) is 42.5 Å². The molecular weight excluding hydrogens is 673 g/mol. The Morgan fingerprint density at radius 1 is 0.974 bits per heavy atom. The molecule has 198 valence electrons. The van der Waals surface area contributed by atoms with Gasteiger partial charge >= 0.3 is 5.95 Å². The second kappa shape index (κ2) is 8.76. The predicted molar refractivity (Wildman–Crippen MR) is 146 cm³/mol. The molecule has 4 aromatic heterocycles. The summed E-state index contributed by atoms with van der Waals surface area (Å²) in [5.41, 5.74) is 5.40. The zero-order valence-electron chi connectivity index (χ0n) is 21.7. The van der Waals surface area contributed by atoms with Crippen LogP contribution in [0.1, 0.15) is 26.3 Å². The van der Waals surface area contributed by atoms with Crippen LogP contribution in [0, 0.1) is 6.07 Å². The van der Waals surface area contributed by atoms with Crippen molar-refractivity contribution in [2.45, 2.75) is 26.2 Å². The van der Waals surface area contributed by atoms with Gasteiger partial charge in [0.1, 0.15) is 17.0 Å². The molecular formula is C30H25N5O3Pt. The van der Waals surface area contributed by atoms with Gasteiger partial charge in [-0.25, -0.2) is 4.57 Å². The Balaban J connectivity index is 0.00000277. The van der Waals surface area contributed by atoms with Gasteiger partial charge in [0, 0.05) is 51.1 Å². The number of para-hydroxylation sites is 3. The summed E-state index contributed by atoms with van der Waals surface area (Å²) in [7, 11) is 2.01. The third kappa shape index (κ3) is 3.62. The third-order valence-corrected chi connectivity index (χ3v) is 7.23. The minimum absolute atomic E-state index is 0. The van der Waals surface area contributed by atoms with E-state index in [0.29, 0.717) is 33.6 Å². The van der Waals surface area contributed by atoms with Crippen LogP contribution in [-0.4, -0.2) is 31.7 Å². The number of aromatic hydroxyl groups is 1. The van der Waals surface area contributed by atoms with Gasteiger partial charge in [-0.2, -0.15) is 9.47 Å². The number of fused-ring (bicyclic) bond motifs is 6. The second-order valence-corrected chi connectivity index (χ2v) is 10.6. The number of imidazole rings is 1. The summed E-state index contributed by atoms with van der Waals surface area (Å²) in [5, 5.41) is 12.1. The Morgan fingerprint density at radius 2 is 1.77 bits per heavy atom. The number of ether oxygens (including phenoxy) is 1. The van der Waals surface area contributed by atoms with Gasteiger partial charge in [-0.1, -0.05) is 50.4 Å². The van der Waals surface area contributed by atoms with E-state index in [1.165, 1.54) is 0 Å². The zero-order valence-corrected chi connectivity index (χ0v) is 24.0. The van der Waals surface area contributed by atoms with Crippen LogP contribution >= 0.6 is 0 Å². The predicted octanol–water partition coefficient (Wildman–Crippen LogP) is 7.07. The van der Waals surface area contributed by atoms with Crippen molar-refractivity contribution in [2.75, 3.05) is 7.05 Å². The molecule has 2 aromatic carbocycles. The first-order valence-electron chi connectivity index (χ1n) is 12.4. The molecule has 0 bridgehead atoms. The average Bonchev–Trinajstić information content (AvgIpc) is 3.59. The van der Waals surface area contributed by atoms with E-state index in [1.807, 2.05) is 60.3 Å².